The molecule has 4 bridgehead atoms. The van der Waals surface area contributed by atoms with Crippen molar-refractivity contribution < 1.29 is 71.5 Å². The summed E-state index contributed by atoms with van der Waals surface area (Å²) in [6, 6.07) is 48.5. The molecule has 18 heteroatoms. The Morgan fingerprint density at radius 1 is 0.383 bits per heavy atom. The van der Waals surface area contributed by atoms with E-state index >= 15 is 0 Å². The van der Waals surface area contributed by atoms with Gasteiger partial charge in [0, 0.05) is 65.0 Å². The van der Waals surface area contributed by atoms with E-state index in [4.69, 9.17) is 37.9 Å². The number of rotatable bonds is 27. The fourth-order valence-corrected chi connectivity index (χ4v) is 19.8. The van der Waals surface area contributed by atoms with Crippen LogP contribution in [0.5, 0.6) is 5.75 Å². The van der Waals surface area contributed by atoms with Gasteiger partial charge in [-0.05, 0) is 343 Å². The van der Waals surface area contributed by atoms with Crippen molar-refractivity contribution in [1.29, 1.82) is 0 Å². The van der Waals surface area contributed by atoms with E-state index in [1.54, 1.807) is 12.0 Å². The minimum atomic E-state index is -0.367. The maximum absolute atomic E-state index is 12.4. The van der Waals surface area contributed by atoms with Crippen molar-refractivity contribution in [1.82, 2.24) is 14.7 Å². The second-order valence-corrected chi connectivity index (χ2v) is 40.6. The third kappa shape index (κ3) is 45.4. The second kappa shape index (κ2) is 62.4. The first-order valence-corrected chi connectivity index (χ1v) is 50.0. The third-order valence-corrected chi connectivity index (χ3v) is 27.4. The van der Waals surface area contributed by atoms with Gasteiger partial charge >= 0.3 is 42.2 Å². The van der Waals surface area contributed by atoms with Gasteiger partial charge in [0.05, 0.1) is 7.11 Å². The van der Waals surface area contributed by atoms with Crippen LogP contribution in [0.4, 0.5) is 14.4 Å². The standard InChI is InChI=1S/2C19H28O2.C18H20O3.C16H25NO2.C15H22O2.C13H23NO2.C10H19NO2.5CH4/c1-16(2)19(14-7-4-8-15-19)21-18(20)13-9-12-17-10-5-3-6-11-17;1-19(2,17-13-7-4-8-14-17)21-18(20)15-9-12-16-10-5-3-6-11-16;1-20-17-12-10-16(11-13-17)14-21-18(19)9-5-8-15-6-3-2-4-7-15;18-15(17-4-2-1-3-5-17)19-16-9-12-6-13(10-16)8-14(7-12)11-16;1-4-15(2,3)17-14(16)12-8-11-13-9-6-5-7-10-13;1-13(8-4-2-5-9-13)16-12(15)14-10-6-3-7-11-14;1-10(2,3)13-9(12)11-7-5-4-6-8-11;;;;;/h3,5-6,10-11,16H,4,7-9,12-15H2,1-2H3;3,5-6,10-11,17H,4,7-9,12-15H2,1-2H3;2-4,6-7,10-13H,5,8-9,14H2,1H3;12-14H,1-11H2;5-7,9-10H,4,8,11-12H2,1-3H3;2-11H2,1H3;4-8H2,1-3H3;5*1H4. The predicted octanol–water partition coefficient (Wildman–Crippen LogP) is 29.8. The van der Waals surface area contributed by atoms with Crippen molar-refractivity contribution in [3.8, 4) is 5.75 Å². The van der Waals surface area contributed by atoms with Crippen molar-refractivity contribution in [2.45, 2.75) is 430 Å². The molecular formula is C115H185N3O15. The van der Waals surface area contributed by atoms with Crippen LogP contribution in [0.25, 0.3) is 0 Å². The van der Waals surface area contributed by atoms with Crippen LogP contribution in [-0.4, -0.2) is 137 Å². The molecule has 7 saturated carbocycles. The molecule has 3 amide bonds. The number of aryl methyl sites for hydroxylation is 4. The first-order valence-electron chi connectivity index (χ1n) is 50.0. The summed E-state index contributed by atoms with van der Waals surface area (Å²) in [6.07, 6.45) is 45.7. The number of amides is 3. The number of benzene rings is 5. The number of likely N-dealkylation sites (tertiary alicyclic amines) is 3. The molecule has 0 unspecified atom stereocenters. The van der Waals surface area contributed by atoms with Gasteiger partial charge in [0.2, 0.25) is 0 Å². The number of esters is 4. The topological polar surface area (TPSA) is 203 Å². The molecule has 3 heterocycles. The number of piperidine rings is 3. The molecule has 15 rings (SSSR count). The Balaban J connectivity index is 0.000000399. The van der Waals surface area contributed by atoms with E-state index in [2.05, 4.69) is 83.1 Å². The van der Waals surface area contributed by atoms with E-state index < -0.39 is 0 Å². The highest BCUT2D eigenvalue weighted by atomic mass is 16.6. The molecule has 18 nitrogen and oxygen atoms in total. The molecule has 133 heavy (non-hydrogen) atoms. The highest BCUT2D eigenvalue weighted by molar-refractivity contribution is 5.72. The Hall–Kier alpha value is -8.41. The first kappa shape index (κ1) is 119. The lowest BCUT2D eigenvalue weighted by atomic mass is 9.54. The molecule has 5 aromatic carbocycles. The van der Waals surface area contributed by atoms with Gasteiger partial charge in [0.15, 0.2) is 0 Å². The second-order valence-electron chi connectivity index (χ2n) is 40.6. The maximum atomic E-state index is 12.4. The average Bonchev–Trinajstić information content (AvgIpc) is 0.746. The number of hydrogen-bond donors (Lipinski definition) is 0. The van der Waals surface area contributed by atoms with Crippen LogP contribution in [0.15, 0.2) is 146 Å². The molecule has 0 radical (unpaired) electrons. The van der Waals surface area contributed by atoms with Crippen molar-refractivity contribution in [2.24, 2.45) is 29.6 Å². The zero-order valence-electron chi connectivity index (χ0n) is 81.1. The zero-order chi connectivity index (χ0) is 92.1. The van der Waals surface area contributed by atoms with E-state index in [1.807, 2.05) is 148 Å². The lowest BCUT2D eigenvalue weighted by molar-refractivity contribution is -0.170. The van der Waals surface area contributed by atoms with Crippen LogP contribution in [0.2, 0.25) is 0 Å². The number of carbonyl (C=O) groups is 7. The number of hydrogen-bond acceptors (Lipinski definition) is 15. The van der Waals surface area contributed by atoms with E-state index in [9.17, 15) is 33.6 Å². The SMILES string of the molecule is C.C.C.C.C.CC(C)(C)OC(=O)N1CCCCC1.CC(C)(OC(=O)CCCc1ccccc1)C1CCCCC1.CC(C)C1(OC(=O)CCCc2ccccc2)CCCCC1.CC1(OC(=O)N2CCCCC2)CCCCC1.CCC(C)(C)OC(=O)CCCc1ccccc1.COc1ccc(COC(=O)CCCc2ccccc2)cc1.O=C(OC12CC3CC(CC(C3)C1)C2)N1CCCCC1. The van der Waals surface area contributed by atoms with Gasteiger partial charge in [0.25, 0.3) is 0 Å². The molecule has 0 atom stereocenters. The summed E-state index contributed by atoms with van der Waals surface area (Å²) in [6.45, 7) is 27.8. The summed E-state index contributed by atoms with van der Waals surface area (Å²) in [4.78, 5) is 89.0. The van der Waals surface area contributed by atoms with Gasteiger partial charge in [-0.25, -0.2) is 14.4 Å². The summed E-state index contributed by atoms with van der Waals surface area (Å²) in [5.74, 6) is 3.99. The molecular weight excluding hydrogens is 1660 g/mol. The maximum Gasteiger partial charge on any atom is 0.410 e. The van der Waals surface area contributed by atoms with E-state index in [1.165, 1.54) is 131 Å². The van der Waals surface area contributed by atoms with Gasteiger partial charge < -0.3 is 52.6 Å². The minimum absolute atomic E-state index is 0. The van der Waals surface area contributed by atoms with Crippen LogP contribution in [0, 0.1) is 29.6 Å². The highest BCUT2D eigenvalue weighted by Gasteiger charge is 2.54. The molecule has 0 spiro atoms. The molecule has 5 aromatic rings. The summed E-state index contributed by atoms with van der Waals surface area (Å²) in [5.41, 5.74) is 4.63. The summed E-state index contributed by atoms with van der Waals surface area (Å²) < 4.78 is 44.5. The molecule has 0 aromatic heterocycles. The normalized spacial score (nSPS) is 19.6. The molecule has 10 fully saturated rings. The summed E-state index contributed by atoms with van der Waals surface area (Å²) in [5, 5.41) is 0. The Morgan fingerprint density at radius 3 is 1.11 bits per heavy atom. The van der Waals surface area contributed by atoms with E-state index in [0.29, 0.717) is 44.1 Å². The quantitative estimate of drug-likeness (QED) is 0.0354. The Kier molecular flexibility index (Phi) is 55.7. The number of ether oxygens (including phenoxy) is 8. The minimum Gasteiger partial charge on any atom is -0.497 e. The summed E-state index contributed by atoms with van der Waals surface area (Å²) >= 11 is 0. The Morgan fingerprint density at radius 2 is 0.729 bits per heavy atom. The van der Waals surface area contributed by atoms with Crippen LogP contribution >= 0.6 is 0 Å². The van der Waals surface area contributed by atoms with Gasteiger partial charge in [-0.15, -0.1) is 0 Å². The fourth-order valence-electron chi connectivity index (χ4n) is 19.8. The molecule has 3 saturated heterocycles. The number of nitrogens with zero attached hydrogens (tertiary/aromatic N) is 3. The van der Waals surface area contributed by atoms with Crippen molar-refractivity contribution in [2.75, 3.05) is 46.4 Å². The number of methoxy groups -OCH3 is 1. The first-order chi connectivity index (χ1) is 61.4. The van der Waals surface area contributed by atoms with Crippen molar-refractivity contribution >= 4 is 42.2 Å². The molecule has 7 aliphatic carbocycles. The predicted molar refractivity (Wildman–Crippen MR) is 546 cm³/mol. The average molecular weight is 1850 g/mol. The van der Waals surface area contributed by atoms with Gasteiger partial charge in [-0.1, -0.05) is 223 Å². The fraction of sp³-hybridized carbons (Fsp3) is 0.678. The lowest BCUT2D eigenvalue weighted by Crippen LogP contribution is -2.54. The summed E-state index contributed by atoms with van der Waals surface area (Å²) in [7, 11) is 1.63. The van der Waals surface area contributed by atoms with Crippen molar-refractivity contribution in [3.63, 3.8) is 0 Å². The van der Waals surface area contributed by atoms with Gasteiger partial charge in [0.1, 0.15) is 46.0 Å². The largest absolute Gasteiger partial charge is 0.497 e. The monoisotopic (exact) mass is 1850 g/mol. The van der Waals surface area contributed by atoms with Crippen molar-refractivity contribution in [3.05, 3.63) is 173 Å². The molecule has 10 aliphatic rings. The molecule has 0 N–H and O–H groups in total. The van der Waals surface area contributed by atoms with Crippen LogP contribution in [0.1, 0.15) is 392 Å². The zero-order valence-corrected chi connectivity index (χ0v) is 81.1. The van der Waals surface area contributed by atoms with Gasteiger partial charge in [-0.3, -0.25) is 19.2 Å². The van der Waals surface area contributed by atoms with Crippen LogP contribution < -0.4 is 4.74 Å². The molecule has 3 aliphatic heterocycles. The van der Waals surface area contributed by atoms with E-state index in [0.717, 1.165) is 210 Å². The van der Waals surface area contributed by atoms with E-state index in [-0.39, 0.29) is 113 Å². The lowest BCUT2D eigenvalue weighted by Gasteiger charge is -2.55. The van der Waals surface area contributed by atoms with Crippen LogP contribution in [0.3, 0.4) is 0 Å². The molecule has 750 valence electrons. The Bertz CT molecular complexity index is 3920. The third-order valence-electron chi connectivity index (χ3n) is 27.4. The number of carbonyl (C=O) groups excluding carboxylic acids is 7. The van der Waals surface area contributed by atoms with Gasteiger partial charge in [-0.2, -0.15) is 0 Å². The highest BCUT2D eigenvalue weighted by Crippen LogP contribution is 2.57. The Labute approximate surface area is 808 Å². The smallest absolute Gasteiger partial charge is 0.410 e. The van der Waals surface area contributed by atoms with Crippen LogP contribution in [-0.2, 0) is 84.6 Å².